The van der Waals surface area contributed by atoms with E-state index in [-0.39, 0.29) is 0 Å². The maximum absolute atomic E-state index is 6.24. The predicted molar refractivity (Wildman–Crippen MR) is 130 cm³/mol. The van der Waals surface area contributed by atoms with Gasteiger partial charge in [-0.25, -0.2) is 0 Å². The molecule has 2 N–H and O–H groups in total. The normalized spacial score (nSPS) is 13.1. The molecule has 0 heterocycles. The van der Waals surface area contributed by atoms with Crippen LogP contribution in [0.15, 0.2) is 24.3 Å². The highest BCUT2D eigenvalue weighted by atomic mass is 14.6. The molecule has 0 aromatic carbocycles. The van der Waals surface area contributed by atoms with Gasteiger partial charge in [0.05, 0.1) is 0 Å². The number of rotatable bonds is 22. The van der Waals surface area contributed by atoms with Crippen LogP contribution in [0, 0.1) is 0 Å². The largest absolute Gasteiger partial charge is 0.328 e. The minimum Gasteiger partial charge on any atom is -0.328 e. The molecule has 28 heavy (non-hydrogen) atoms. The van der Waals surface area contributed by atoms with Crippen LogP contribution in [0.4, 0.5) is 0 Å². The van der Waals surface area contributed by atoms with Crippen molar-refractivity contribution in [1.29, 1.82) is 0 Å². The van der Waals surface area contributed by atoms with Crippen LogP contribution in [0.3, 0.4) is 0 Å². The van der Waals surface area contributed by atoms with Gasteiger partial charge in [-0.2, -0.15) is 0 Å². The summed E-state index contributed by atoms with van der Waals surface area (Å²) in [5, 5.41) is 0. The second-order valence-electron chi connectivity index (χ2n) is 8.69. The van der Waals surface area contributed by atoms with Crippen molar-refractivity contribution in [1.82, 2.24) is 0 Å². The van der Waals surface area contributed by atoms with E-state index in [0.717, 1.165) is 6.42 Å². The van der Waals surface area contributed by atoms with Crippen molar-refractivity contribution in [2.45, 2.75) is 148 Å². The Morgan fingerprint density at radius 1 is 0.500 bits per heavy atom. The van der Waals surface area contributed by atoms with Crippen molar-refractivity contribution in [3.8, 4) is 0 Å². The van der Waals surface area contributed by atoms with Gasteiger partial charge in [-0.3, -0.25) is 0 Å². The molecule has 0 aliphatic carbocycles. The van der Waals surface area contributed by atoms with Gasteiger partial charge in [-0.15, -0.1) is 0 Å². The van der Waals surface area contributed by atoms with E-state index in [2.05, 4.69) is 38.2 Å². The van der Waals surface area contributed by atoms with Gasteiger partial charge in [-0.1, -0.05) is 122 Å². The molecule has 0 aromatic heterocycles. The highest BCUT2D eigenvalue weighted by Crippen LogP contribution is 2.13. The molecule has 1 heteroatoms. The topological polar surface area (TPSA) is 26.0 Å². The molecule has 1 unspecified atom stereocenters. The third kappa shape index (κ3) is 23.5. The summed E-state index contributed by atoms with van der Waals surface area (Å²) >= 11 is 0. The fraction of sp³-hybridized carbons (Fsp3) is 0.852. The Morgan fingerprint density at radius 3 is 1.43 bits per heavy atom. The minimum absolute atomic E-state index is 0.458. The van der Waals surface area contributed by atoms with Gasteiger partial charge in [0.15, 0.2) is 0 Å². The fourth-order valence-electron chi connectivity index (χ4n) is 3.73. The van der Waals surface area contributed by atoms with Crippen molar-refractivity contribution >= 4 is 0 Å². The zero-order valence-electron chi connectivity index (χ0n) is 19.6. The van der Waals surface area contributed by atoms with Gasteiger partial charge < -0.3 is 5.73 Å². The number of hydrogen-bond donors (Lipinski definition) is 1. The van der Waals surface area contributed by atoms with Gasteiger partial charge in [0, 0.05) is 6.04 Å². The van der Waals surface area contributed by atoms with Crippen molar-refractivity contribution < 1.29 is 0 Å². The Labute approximate surface area is 178 Å². The Bertz CT molecular complexity index is 331. The number of allylic oxidation sites excluding steroid dienone is 4. The number of nitrogens with two attached hydrogens (primary N) is 1. The van der Waals surface area contributed by atoms with E-state index in [4.69, 9.17) is 5.73 Å². The zero-order valence-corrected chi connectivity index (χ0v) is 19.6. The quantitative estimate of drug-likeness (QED) is 0.144. The van der Waals surface area contributed by atoms with Gasteiger partial charge in [0.1, 0.15) is 0 Å². The molecule has 0 saturated carbocycles. The Balaban J connectivity index is 3.21. The highest BCUT2D eigenvalue weighted by molar-refractivity contribution is 4.92. The van der Waals surface area contributed by atoms with Crippen LogP contribution in [0.5, 0.6) is 0 Å². The van der Waals surface area contributed by atoms with Crippen molar-refractivity contribution in [2.75, 3.05) is 0 Å². The van der Waals surface area contributed by atoms with Crippen LogP contribution in [0.2, 0.25) is 0 Å². The van der Waals surface area contributed by atoms with Gasteiger partial charge in [0.25, 0.3) is 0 Å². The standard InChI is InChI=1S/C27H53N/c1-3-5-7-9-10-11-12-13-14-15-16-17-18-19-20-22-24-26-27(28)25-23-21-8-6-4-2/h10-11,13-14,27H,3-9,12,15-26,28H2,1-2H3. The average Bonchev–Trinajstić information content (AvgIpc) is 2.70. The lowest BCUT2D eigenvalue weighted by molar-refractivity contribution is 0.484. The highest BCUT2D eigenvalue weighted by Gasteiger charge is 2.02. The van der Waals surface area contributed by atoms with Crippen LogP contribution >= 0.6 is 0 Å². The smallest absolute Gasteiger partial charge is 0.00388 e. The minimum atomic E-state index is 0.458. The molecule has 0 rings (SSSR count). The third-order valence-electron chi connectivity index (χ3n) is 5.70. The summed E-state index contributed by atoms with van der Waals surface area (Å²) in [6.45, 7) is 4.54. The first-order chi connectivity index (χ1) is 13.8. The molecule has 0 radical (unpaired) electrons. The maximum Gasteiger partial charge on any atom is 0.00388 e. The molecule has 0 aromatic rings. The molecule has 166 valence electrons. The molecule has 0 amide bonds. The predicted octanol–water partition coefficient (Wildman–Crippen LogP) is 9.27. The van der Waals surface area contributed by atoms with Crippen molar-refractivity contribution in [3.63, 3.8) is 0 Å². The second-order valence-corrected chi connectivity index (χ2v) is 8.69. The SMILES string of the molecule is CCCCCC=CCC=CCCCCCCCCCC(N)CCCCCCC. The molecule has 0 saturated heterocycles. The van der Waals surface area contributed by atoms with Crippen LogP contribution in [-0.2, 0) is 0 Å². The molecular weight excluding hydrogens is 338 g/mol. The molecule has 0 aliphatic rings. The Kier molecular flexibility index (Phi) is 24.0. The first-order valence-electron chi connectivity index (χ1n) is 12.9. The van der Waals surface area contributed by atoms with Gasteiger partial charge >= 0.3 is 0 Å². The van der Waals surface area contributed by atoms with E-state index < -0.39 is 0 Å². The average molecular weight is 392 g/mol. The molecule has 0 aliphatic heterocycles. The monoisotopic (exact) mass is 391 g/mol. The van der Waals surface area contributed by atoms with Gasteiger partial charge in [0.2, 0.25) is 0 Å². The number of hydrogen-bond acceptors (Lipinski definition) is 1. The Morgan fingerprint density at radius 2 is 0.893 bits per heavy atom. The van der Waals surface area contributed by atoms with Crippen LogP contribution in [0.25, 0.3) is 0 Å². The zero-order chi connectivity index (χ0) is 20.5. The van der Waals surface area contributed by atoms with E-state index >= 15 is 0 Å². The molecular formula is C27H53N. The maximum atomic E-state index is 6.24. The lowest BCUT2D eigenvalue weighted by atomic mass is 10.0. The van der Waals surface area contributed by atoms with E-state index in [1.807, 2.05) is 0 Å². The summed E-state index contributed by atoms with van der Waals surface area (Å²) in [7, 11) is 0. The summed E-state index contributed by atoms with van der Waals surface area (Å²) in [4.78, 5) is 0. The molecule has 0 spiro atoms. The van der Waals surface area contributed by atoms with Crippen LogP contribution in [0.1, 0.15) is 142 Å². The summed E-state index contributed by atoms with van der Waals surface area (Å²) < 4.78 is 0. The lowest BCUT2D eigenvalue weighted by Crippen LogP contribution is -2.19. The summed E-state index contributed by atoms with van der Waals surface area (Å²) in [6, 6.07) is 0.458. The van der Waals surface area contributed by atoms with Gasteiger partial charge in [-0.05, 0) is 44.9 Å². The molecule has 0 fully saturated rings. The summed E-state index contributed by atoms with van der Waals surface area (Å²) in [5.41, 5.74) is 6.24. The van der Waals surface area contributed by atoms with E-state index in [1.54, 1.807) is 0 Å². The van der Waals surface area contributed by atoms with Crippen LogP contribution in [-0.4, -0.2) is 6.04 Å². The van der Waals surface area contributed by atoms with E-state index in [9.17, 15) is 0 Å². The van der Waals surface area contributed by atoms with Crippen molar-refractivity contribution in [3.05, 3.63) is 24.3 Å². The summed E-state index contributed by atoms with van der Waals surface area (Å²) in [5.74, 6) is 0. The van der Waals surface area contributed by atoms with E-state index in [0.29, 0.717) is 6.04 Å². The molecule has 0 bridgehead atoms. The first kappa shape index (κ1) is 27.4. The third-order valence-corrected chi connectivity index (χ3v) is 5.70. The van der Waals surface area contributed by atoms with E-state index in [1.165, 1.54) is 122 Å². The molecule has 1 atom stereocenters. The first-order valence-corrected chi connectivity index (χ1v) is 12.9. The van der Waals surface area contributed by atoms with Crippen LogP contribution < -0.4 is 5.73 Å². The second kappa shape index (κ2) is 24.5. The Hall–Kier alpha value is -0.560. The summed E-state index contributed by atoms with van der Waals surface area (Å²) in [6.07, 6.45) is 36.1. The number of unbranched alkanes of at least 4 members (excludes halogenated alkanes) is 14. The lowest BCUT2D eigenvalue weighted by Gasteiger charge is -2.11. The van der Waals surface area contributed by atoms with Crippen molar-refractivity contribution in [2.24, 2.45) is 5.73 Å². The molecule has 1 nitrogen and oxygen atoms in total. The fourth-order valence-corrected chi connectivity index (χ4v) is 3.73.